The second-order valence-corrected chi connectivity index (χ2v) is 5.20. The molecule has 0 aliphatic rings. The van der Waals surface area contributed by atoms with Gasteiger partial charge in [0.15, 0.2) is 0 Å². The van der Waals surface area contributed by atoms with Crippen molar-refractivity contribution < 1.29 is 13.9 Å². The molecule has 22 heavy (non-hydrogen) atoms. The minimum absolute atomic E-state index is 0.0654. The minimum Gasteiger partial charge on any atom is -0.497 e. The van der Waals surface area contributed by atoms with Gasteiger partial charge in [-0.3, -0.25) is 0 Å². The molecule has 0 heterocycles. The molecule has 2 rings (SSSR count). The molecule has 0 radical (unpaired) electrons. The zero-order chi connectivity index (χ0) is 16.1. The second-order valence-electron chi connectivity index (χ2n) is 5.20. The van der Waals surface area contributed by atoms with E-state index in [4.69, 9.17) is 4.74 Å². The lowest BCUT2D eigenvalue weighted by Gasteiger charge is -2.11. The third-order valence-corrected chi connectivity index (χ3v) is 3.26. The van der Waals surface area contributed by atoms with E-state index < -0.39 is 11.8 Å². The Bertz CT molecular complexity index is 654. The Kier molecular flexibility index (Phi) is 4.99. The topological polar surface area (TPSA) is 50.4 Å². The van der Waals surface area contributed by atoms with Crippen molar-refractivity contribution in [2.75, 3.05) is 17.7 Å². The fraction of sp³-hybridized carbons (Fsp3) is 0.235. The van der Waals surface area contributed by atoms with Crippen LogP contribution in [0.4, 0.5) is 20.6 Å². The monoisotopic (exact) mass is 302 g/mol. The van der Waals surface area contributed by atoms with Crippen molar-refractivity contribution in [3.63, 3.8) is 0 Å². The number of hydrogen-bond donors (Lipinski definition) is 2. The van der Waals surface area contributed by atoms with E-state index in [1.165, 1.54) is 30.9 Å². The molecule has 0 atom stereocenters. The van der Waals surface area contributed by atoms with Gasteiger partial charge in [0.1, 0.15) is 11.6 Å². The van der Waals surface area contributed by atoms with Crippen LogP contribution in [0.25, 0.3) is 0 Å². The van der Waals surface area contributed by atoms with E-state index in [-0.39, 0.29) is 5.69 Å². The summed E-state index contributed by atoms with van der Waals surface area (Å²) >= 11 is 0. The molecule has 0 aromatic heterocycles. The number of nitrogens with one attached hydrogen (secondary N) is 2. The van der Waals surface area contributed by atoms with Gasteiger partial charge in [-0.15, -0.1) is 0 Å². The van der Waals surface area contributed by atoms with E-state index in [2.05, 4.69) is 24.5 Å². The lowest BCUT2D eigenvalue weighted by atomic mass is 10.0. The summed E-state index contributed by atoms with van der Waals surface area (Å²) in [6.07, 6.45) is 0. The smallest absolute Gasteiger partial charge is 0.323 e. The van der Waals surface area contributed by atoms with E-state index in [0.29, 0.717) is 17.4 Å². The third-order valence-electron chi connectivity index (χ3n) is 3.26. The van der Waals surface area contributed by atoms with Gasteiger partial charge in [-0.25, -0.2) is 9.18 Å². The molecule has 0 aliphatic carbocycles. The number of hydrogen-bond acceptors (Lipinski definition) is 2. The molecule has 116 valence electrons. The number of urea groups is 1. The fourth-order valence-electron chi connectivity index (χ4n) is 1.96. The van der Waals surface area contributed by atoms with Gasteiger partial charge >= 0.3 is 6.03 Å². The quantitative estimate of drug-likeness (QED) is 0.867. The molecule has 0 bridgehead atoms. The maximum atomic E-state index is 13.6. The molecule has 0 aliphatic heterocycles. The van der Waals surface area contributed by atoms with Crippen molar-refractivity contribution in [2.45, 2.75) is 19.8 Å². The highest BCUT2D eigenvalue weighted by atomic mass is 19.1. The summed E-state index contributed by atoms with van der Waals surface area (Å²) in [6.45, 7) is 4.20. The van der Waals surface area contributed by atoms with Crippen LogP contribution in [0.1, 0.15) is 25.3 Å². The van der Waals surface area contributed by atoms with Crippen molar-refractivity contribution in [1.82, 2.24) is 0 Å². The molecule has 4 nitrogen and oxygen atoms in total. The van der Waals surface area contributed by atoms with Gasteiger partial charge < -0.3 is 15.4 Å². The summed E-state index contributed by atoms with van der Waals surface area (Å²) in [7, 11) is 1.48. The van der Waals surface area contributed by atoms with Crippen LogP contribution in [0.3, 0.4) is 0 Å². The summed E-state index contributed by atoms with van der Waals surface area (Å²) in [5, 5.41) is 5.13. The van der Waals surface area contributed by atoms with Crippen LogP contribution in [0.2, 0.25) is 0 Å². The maximum Gasteiger partial charge on any atom is 0.323 e. The standard InChI is InChI=1S/C17H19FN2O2/c1-11(2)12-4-6-13(7-5-12)19-17(21)20-16-10-14(22-3)8-9-15(16)18/h4-11H,1-3H3,(H2,19,20,21). The average molecular weight is 302 g/mol. The number of anilines is 2. The third kappa shape index (κ3) is 3.97. The predicted molar refractivity (Wildman–Crippen MR) is 86.1 cm³/mol. The number of amides is 2. The van der Waals surface area contributed by atoms with E-state index in [0.717, 1.165) is 0 Å². The fourth-order valence-corrected chi connectivity index (χ4v) is 1.96. The number of carbonyl (C=O) groups excluding carboxylic acids is 1. The van der Waals surface area contributed by atoms with Crippen LogP contribution in [0, 0.1) is 5.82 Å². The van der Waals surface area contributed by atoms with Crippen molar-refractivity contribution in [2.24, 2.45) is 0 Å². The molecule has 5 heteroatoms. The first-order valence-corrected chi connectivity index (χ1v) is 7.01. The van der Waals surface area contributed by atoms with Gasteiger partial charge in [0.25, 0.3) is 0 Å². The van der Waals surface area contributed by atoms with E-state index in [1.54, 1.807) is 0 Å². The van der Waals surface area contributed by atoms with Gasteiger partial charge in [0, 0.05) is 11.8 Å². The average Bonchev–Trinajstić information content (AvgIpc) is 2.50. The first kappa shape index (κ1) is 15.8. The van der Waals surface area contributed by atoms with E-state index in [1.807, 2.05) is 24.3 Å². The molecule has 0 fully saturated rings. The van der Waals surface area contributed by atoms with Crippen LogP contribution in [0.5, 0.6) is 5.75 Å². The zero-order valence-electron chi connectivity index (χ0n) is 12.8. The molecular formula is C17H19FN2O2. The Morgan fingerprint density at radius 2 is 1.77 bits per heavy atom. The molecule has 2 aromatic rings. The van der Waals surface area contributed by atoms with Gasteiger partial charge in [0.2, 0.25) is 0 Å². The Morgan fingerprint density at radius 1 is 1.09 bits per heavy atom. The van der Waals surface area contributed by atoms with Crippen molar-refractivity contribution in [3.8, 4) is 5.75 Å². The summed E-state index contributed by atoms with van der Waals surface area (Å²) in [6, 6.07) is 11.2. The van der Waals surface area contributed by atoms with Crippen LogP contribution in [-0.2, 0) is 0 Å². The highest BCUT2D eigenvalue weighted by Gasteiger charge is 2.09. The highest BCUT2D eigenvalue weighted by molar-refractivity contribution is 5.99. The first-order chi connectivity index (χ1) is 10.5. The number of rotatable bonds is 4. The largest absolute Gasteiger partial charge is 0.497 e. The second kappa shape index (κ2) is 6.93. The molecule has 0 spiro atoms. The Balaban J connectivity index is 2.03. The number of carbonyl (C=O) groups is 1. The Hall–Kier alpha value is -2.56. The van der Waals surface area contributed by atoms with Crippen molar-refractivity contribution >= 4 is 17.4 Å². The van der Waals surface area contributed by atoms with E-state index in [9.17, 15) is 9.18 Å². The van der Waals surface area contributed by atoms with Crippen LogP contribution in [-0.4, -0.2) is 13.1 Å². The van der Waals surface area contributed by atoms with Crippen LogP contribution in [0.15, 0.2) is 42.5 Å². The molecule has 2 aromatic carbocycles. The van der Waals surface area contributed by atoms with Crippen molar-refractivity contribution in [1.29, 1.82) is 0 Å². The Morgan fingerprint density at radius 3 is 2.36 bits per heavy atom. The van der Waals surface area contributed by atoms with Gasteiger partial charge in [-0.2, -0.15) is 0 Å². The summed E-state index contributed by atoms with van der Waals surface area (Å²) in [5.74, 6) is 0.373. The number of ether oxygens (including phenoxy) is 1. The SMILES string of the molecule is COc1ccc(F)c(NC(=O)Nc2ccc(C(C)C)cc2)c1. The number of halogens is 1. The highest BCUT2D eigenvalue weighted by Crippen LogP contribution is 2.22. The molecular weight excluding hydrogens is 283 g/mol. The van der Waals surface area contributed by atoms with Gasteiger partial charge in [-0.05, 0) is 35.7 Å². The van der Waals surface area contributed by atoms with Crippen LogP contribution < -0.4 is 15.4 Å². The Labute approximate surface area is 129 Å². The van der Waals surface area contributed by atoms with Crippen LogP contribution >= 0.6 is 0 Å². The van der Waals surface area contributed by atoms with E-state index >= 15 is 0 Å². The normalized spacial score (nSPS) is 10.4. The van der Waals surface area contributed by atoms with Crippen molar-refractivity contribution in [3.05, 3.63) is 53.8 Å². The maximum absolute atomic E-state index is 13.6. The summed E-state index contributed by atoms with van der Waals surface area (Å²) in [4.78, 5) is 11.9. The predicted octanol–water partition coefficient (Wildman–Crippen LogP) is 4.60. The number of methoxy groups -OCH3 is 1. The zero-order valence-corrected chi connectivity index (χ0v) is 12.8. The minimum atomic E-state index is -0.522. The summed E-state index contributed by atoms with van der Waals surface area (Å²) in [5.41, 5.74) is 1.89. The van der Waals surface area contributed by atoms with Gasteiger partial charge in [-0.1, -0.05) is 26.0 Å². The molecule has 0 saturated heterocycles. The molecule has 2 N–H and O–H groups in total. The molecule has 0 unspecified atom stereocenters. The lowest BCUT2D eigenvalue weighted by Crippen LogP contribution is -2.20. The molecule has 0 saturated carbocycles. The van der Waals surface area contributed by atoms with Gasteiger partial charge in [0.05, 0.1) is 12.8 Å². The first-order valence-electron chi connectivity index (χ1n) is 7.01. The molecule has 2 amide bonds. The lowest BCUT2D eigenvalue weighted by molar-refractivity contribution is 0.262. The number of benzene rings is 2. The summed E-state index contributed by atoms with van der Waals surface area (Å²) < 4.78 is 18.7.